The Bertz CT molecular complexity index is 731. The Morgan fingerprint density at radius 1 is 1.32 bits per heavy atom. The standard InChI is InChI=1S/C16H24FN3O3S.ClH/c1-10(11-8-18-9-11)15(21)19-12-5-6-13(17)14(7-12)24(22,23)20-16(2,3)4;/h5-7,10-11,18,20H,8-9H2,1-4H3,(H,19,21);1H. The summed E-state index contributed by atoms with van der Waals surface area (Å²) in [4.78, 5) is 11.7. The van der Waals surface area contributed by atoms with Gasteiger partial charge in [0.05, 0.1) is 0 Å². The molecule has 25 heavy (non-hydrogen) atoms. The van der Waals surface area contributed by atoms with Gasteiger partial charge in [-0.15, -0.1) is 12.4 Å². The quantitative estimate of drug-likeness (QED) is 0.715. The lowest BCUT2D eigenvalue weighted by Crippen LogP contribution is -2.48. The molecule has 1 amide bonds. The van der Waals surface area contributed by atoms with Crippen LogP contribution in [-0.2, 0) is 14.8 Å². The van der Waals surface area contributed by atoms with E-state index in [0.29, 0.717) is 0 Å². The van der Waals surface area contributed by atoms with Crippen molar-refractivity contribution in [1.82, 2.24) is 10.0 Å². The summed E-state index contributed by atoms with van der Waals surface area (Å²) >= 11 is 0. The first kappa shape index (κ1) is 21.8. The first-order valence-electron chi connectivity index (χ1n) is 7.85. The highest BCUT2D eigenvalue weighted by molar-refractivity contribution is 7.89. The zero-order valence-corrected chi connectivity index (χ0v) is 16.4. The zero-order chi connectivity index (χ0) is 18.1. The number of benzene rings is 1. The van der Waals surface area contributed by atoms with Crippen LogP contribution in [0.25, 0.3) is 0 Å². The van der Waals surface area contributed by atoms with E-state index in [1.165, 1.54) is 6.07 Å². The minimum atomic E-state index is -4.02. The molecule has 1 aliphatic rings. The summed E-state index contributed by atoms with van der Waals surface area (Å²) in [5.41, 5.74) is -0.481. The van der Waals surface area contributed by atoms with Crippen molar-refractivity contribution in [3.05, 3.63) is 24.0 Å². The normalized spacial score (nSPS) is 16.5. The number of hydrogen-bond acceptors (Lipinski definition) is 4. The van der Waals surface area contributed by atoms with Crippen molar-refractivity contribution in [1.29, 1.82) is 0 Å². The molecule has 2 rings (SSSR count). The van der Waals surface area contributed by atoms with Gasteiger partial charge in [0, 0.05) is 17.1 Å². The predicted molar refractivity (Wildman–Crippen MR) is 97.9 cm³/mol. The number of sulfonamides is 1. The second kappa shape index (κ2) is 7.99. The third-order valence-corrected chi connectivity index (χ3v) is 5.64. The molecule has 0 radical (unpaired) electrons. The van der Waals surface area contributed by atoms with Crippen LogP contribution in [0.1, 0.15) is 27.7 Å². The van der Waals surface area contributed by atoms with E-state index in [0.717, 1.165) is 25.2 Å². The van der Waals surface area contributed by atoms with Gasteiger partial charge in [0.15, 0.2) is 0 Å². The molecule has 0 aromatic heterocycles. The summed E-state index contributed by atoms with van der Waals surface area (Å²) in [6, 6.07) is 3.55. The van der Waals surface area contributed by atoms with Crippen LogP contribution in [0, 0.1) is 17.7 Å². The molecule has 1 atom stereocenters. The van der Waals surface area contributed by atoms with Crippen LogP contribution in [0.5, 0.6) is 0 Å². The largest absolute Gasteiger partial charge is 0.326 e. The van der Waals surface area contributed by atoms with Crippen molar-refractivity contribution in [3.63, 3.8) is 0 Å². The van der Waals surface area contributed by atoms with Gasteiger partial charge in [-0.05, 0) is 58.0 Å². The molecule has 142 valence electrons. The average molecular weight is 394 g/mol. The molecule has 1 heterocycles. The van der Waals surface area contributed by atoms with Gasteiger partial charge < -0.3 is 10.6 Å². The molecule has 0 aliphatic carbocycles. The van der Waals surface area contributed by atoms with Gasteiger partial charge in [0.2, 0.25) is 15.9 Å². The maximum atomic E-state index is 14.0. The number of hydrogen-bond donors (Lipinski definition) is 3. The van der Waals surface area contributed by atoms with E-state index in [4.69, 9.17) is 0 Å². The summed E-state index contributed by atoms with van der Waals surface area (Å²) in [5, 5.41) is 5.77. The summed E-state index contributed by atoms with van der Waals surface area (Å²) < 4.78 is 41.1. The van der Waals surface area contributed by atoms with Crippen molar-refractivity contribution < 1.29 is 17.6 Å². The van der Waals surface area contributed by atoms with E-state index in [2.05, 4.69) is 15.4 Å². The SMILES string of the molecule is CC(C(=O)Nc1ccc(F)c(S(=O)(=O)NC(C)(C)C)c1)C1CNC1.Cl. The minimum absolute atomic E-state index is 0. The van der Waals surface area contributed by atoms with Crippen molar-refractivity contribution in [2.45, 2.75) is 38.1 Å². The van der Waals surface area contributed by atoms with Gasteiger partial charge in [-0.2, -0.15) is 0 Å². The van der Waals surface area contributed by atoms with E-state index >= 15 is 0 Å². The Labute approximate surface area is 154 Å². The van der Waals surface area contributed by atoms with Crippen LogP contribution < -0.4 is 15.4 Å². The summed E-state index contributed by atoms with van der Waals surface area (Å²) in [7, 11) is -4.02. The molecular weight excluding hydrogens is 369 g/mol. The number of rotatable bonds is 5. The van der Waals surface area contributed by atoms with Gasteiger partial charge in [0.1, 0.15) is 10.7 Å². The fraction of sp³-hybridized carbons (Fsp3) is 0.562. The highest BCUT2D eigenvalue weighted by atomic mass is 35.5. The van der Waals surface area contributed by atoms with Crippen LogP contribution in [0.15, 0.2) is 23.1 Å². The molecule has 6 nitrogen and oxygen atoms in total. The van der Waals surface area contributed by atoms with Crippen molar-refractivity contribution in [3.8, 4) is 0 Å². The molecule has 0 saturated carbocycles. The smallest absolute Gasteiger partial charge is 0.244 e. The molecule has 3 N–H and O–H groups in total. The maximum absolute atomic E-state index is 14.0. The van der Waals surface area contributed by atoms with Crippen LogP contribution in [0.2, 0.25) is 0 Å². The number of carbonyl (C=O) groups is 1. The molecule has 0 bridgehead atoms. The number of carbonyl (C=O) groups excluding carboxylic acids is 1. The lowest BCUT2D eigenvalue weighted by Gasteiger charge is -2.31. The Hall–Kier alpha value is -1.22. The summed E-state index contributed by atoms with van der Waals surface area (Å²) in [6.07, 6.45) is 0. The third kappa shape index (κ3) is 5.64. The average Bonchev–Trinajstić information content (AvgIpc) is 2.35. The molecule has 0 spiro atoms. The van der Waals surface area contributed by atoms with Crippen LogP contribution in [0.4, 0.5) is 10.1 Å². The lowest BCUT2D eigenvalue weighted by atomic mass is 9.88. The molecule has 1 aromatic rings. The van der Waals surface area contributed by atoms with Gasteiger partial charge >= 0.3 is 0 Å². The Kier molecular flexibility index (Phi) is 6.97. The topological polar surface area (TPSA) is 87.3 Å². The van der Waals surface area contributed by atoms with Crippen LogP contribution in [0.3, 0.4) is 0 Å². The van der Waals surface area contributed by atoms with Crippen molar-refractivity contribution >= 4 is 34.0 Å². The molecule has 1 saturated heterocycles. The third-order valence-electron chi connectivity index (χ3n) is 3.86. The number of anilines is 1. The fourth-order valence-electron chi connectivity index (χ4n) is 2.38. The Balaban J connectivity index is 0.00000312. The second-order valence-electron chi connectivity index (χ2n) is 7.20. The van der Waals surface area contributed by atoms with Gasteiger partial charge in [-0.1, -0.05) is 6.92 Å². The van der Waals surface area contributed by atoms with E-state index in [9.17, 15) is 17.6 Å². The van der Waals surface area contributed by atoms with Crippen LogP contribution >= 0.6 is 12.4 Å². The Morgan fingerprint density at radius 2 is 1.92 bits per heavy atom. The minimum Gasteiger partial charge on any atom is -0.326 e. The molecule has 1 fully saturated rings. The van der Waals surface area contributed by atoms with Gasteiger partial charge in [-0.25, -0.2) is 17.5 Å². The fourth-order valence-corrected chi connectivity index (χ4v) is 3.90. The van der Waals surface area contributed by atoms with Crippen molar-refractivity contribution in [2.24, 2.45) is 11.8 Å². The zero-order valence-electron chi connectivity index (χ0n) is 14.7. The first-order valence-corrected chi connectivity index (χ1v) is 9.33. The lowest BCUT2D eigenvalue weighted by molar-refractivity contribution is -0.121. The highest BCUT2D eigenvalue weighted by Gasteiger charge is 2.29. The first-order chi connectivity index (χ1) is 11.0. The monoisotopic (exact) mass is 393 g/mol. The van der Waals surface area contributed by atoms with E-state index in [1.807, 2.05) is 6.92 Å². The maximum Gasteiger partial charge on any atom is 0.244 e. The van der Waals surface area contributed by atoms with Gasteiger partial charge in [0.25, 0.3) is 0 Å². The number of amides is 1. The number of nitrogens with one attached hydrogen (secondary N) is 3. The number of halogens is 2. The molecule has 1 unspecified atom stereocenters. The van der Waals surface area contributed by atoms with Crippen molar-refractivity contribution in [2.75, 3.05) is 18.4 Å². The predicted octanol–water partition coefficient (Wildman–Crippen LogP) is 2.12. The summed E-state index contributed by atoms with van der Waals surface area (Å²) in [6.45, 7) is 8.40. The van der Waals surface area contributed by atoms with Crippen LogP contribution in [-0.4, -0.2) is 33.0 Å². The second-order valence-corrected chi connectivity index (χ2v) is 8.85. The Morgan fingerprint density at radius 3 is 2.40 bits per heavy atom. The van der Waals surface area contributed by atoms with E-state index in [-0.39, 0.29) is 35.8 Å². The molecule has 9 heteroatoms. The highest BCUT2D eigenvalue weighted by Crippen LogP contribution is 2.23. The van der Waals surface area contributed by atoms with Gasteiger partial charge in [-0.3, -0.25) is 4.79 Å². The summed E-state index contributed by atoms with van der Waals surface area (Å²) in [5.74, 6) is -1.01. The van der Waals surface area contributed by atoms with E-state index in [1.54, 1.807) is 20.8 Å². The molecular formula is C16H25ClFN3O3S. The molecule has 1 aromatic carbocycles. The molecule has 1 aliphatic heterocycles. The van der Waals surface area contributed by atoms with E-state index < -0.39 is 26.3 Å².